The summed E-state index contributed by atoms with van der Waals surface area (Å²) in [6.45, 7) is 4.00. The standard InChI is InChI=1S/C12H13NO2S/c1-8-9(2)16-12(13-8)15-11-5-3-4-10(6-11)7-14/h3-6,14H,7H2,1-2H3. The average molecular weight is 235 g/mol. The predicted molar refractivity (Wildman–Crippen MR) is 64.0 cm³/mol. The fraction of sp³-hybridized carbons (Fsp3) is 0.250. The second-order valence-electron chi connectivity index (χ2n) is 3.53. The maximum absolute atomic E-state index is 9.01. The maximum Gasteiger partial charge on any atom is 0.279 e. The molecule has 0 bridgehead atoms. The molecule has 0 saturated heterocycles. The normalized spacial score (nSPS) is 10.4. The summed E-state index contributed by atoms with van der Waals surface area (Å²) in [6.07, 6.45) is 0. The van der Waals surface area contributed by atoms with Gasteiger partial charge in [-0.2, -0.15) is 0 Å². The van der Waals surface area contributed by atoms with E-state index in [1.807, 2.05) is 38.1 Å². The van der Waals surface area contributed by atoms with E-state index in [-0.39, 0.29) is 6.61 Å². The summed E-state index contributed by atoms with van der Waals surface area (Å²) >= 11 is 1.53. The maximum atomic E-state index is 9.01. The zero-order chi connectivity index (χ0) is 11.5. The van der Waals surface area contributed by atoms with E-state index >= 15 is 0 Å². The zero-order valence-electron chi connectivity index (χ0n) is 9.23. The summed E-state index contributed by atoms with van der Waals surface area (Å²) in [5.41, 5.74) is 1.83. The molecule has 2 rings (SSSR count). The molecule has 0 spiro atoms. The van der Waals surface area contributed by atoms with Gasteiger partial charge < -0.3 is 9.84 Å². The van der Waals surface area contributed by atoms with Crippen molar-refractivity contribution in [3.63, 3.8) is 0 Å². The lowest BCUT2D eigenvalue weighted by Crippen LogP contribution is -1.86. The van der Waals surface area contributed by atoms with Gasteiger partial charge in [0.05, 0.1) is 12.3 Å². The van der Waals surface area contributed by atoms with Crippen LogP contribution in [0.5, 0.6) is 10.9 Å². The molecule has 4 heteroatoms. The van der Waals surface area contributed by atoms with E-state index in [4.69, 9.17) is 9.84 Å². The van der Waals surface area contributed by atoms with Gasteiger partial charge in [0.25, 0.3) is 5.19 Å². The molecule has 0 aliphatic carbocycles. The van der Waals surface area contributed by atoms with Crippen LogP contribution in [0.1, 0.15) is 16.1 Å². The third-order valence-electron chi connectivity index (χ3n) is 2.30. The molecule has 0 saturated carbocycles. The second kappa shape index (κ2) is 4.63. The van der Waals surface area contributed by atoms with Crippen LogP contribution in [0.15, 0.2) is 24.3 Å². The Labute approximate surface area is 98.4 Å². The monoisotopic (exact) mass is 235 g/mol. The van der Waals surface area contributed by atoms with Crippen molar-refractivity contribution in [3.8, 4) is 10.9 Å². The van der Waals surface area contributed by atoms with Crippen LogP contribution >= 0.6 is 11.3 Å². The predicted octanol–water partition coefficient (Wildman–Crippen LogP) is 3.04. The van der Waals surface area contributed by atoms with E-state index in [9.17, 15) is 0 Å². The molecule has 0 aliphatic heterocycles. The Kier molecular flexibility index (Phi) is 3.22. The number of aliphatic hydroxyl groups excluding tert-OH is 1. The molecule has 3 nitrogen and oxygen atoms in total. The smallest absolute Gasteiger partial charge is 0.279 e. The van der Waals surface area contributed by atoms with Crippen LogP contribution in [0.2, 0.25) is 0 Å². The average Bonchev–Trinajstić information content (AvgIpc) is 2.58. The second-order valence-corrected chi connectivity index (χ2v) is 4.69. The molecule has 0 atom stereocenters. The minimum atomic E-state index is 0.0210. The number of nitrogens with zero attached hydrogens (tertiary/aromatic N) is 1. The lowest BCUT2D eigenvalue weighted by Gasteiger charge is -2.02. The summed E-state index contributed by atoms with van der Waals surface area (Å²) in [5.74, 6) is 0.709. The van der Waals surface area contributed by atoms with Crippen LogP contribution in [0.4, 0.5) is 0 Å². The van der Waals surface area contributed by atoms with E-state index in [2.05, 4.69) is 4.98 Å². The van der Waals surface area contributed by atoms with E-state index in [0.717, 1.165) is 16.1 Å². The number of hydrogen-bond donors (Lipinski definition) is 1. The molecule has 0 amide bonds. The summed E-state index contributed by atoms with van der Waals surface area (Å²) in [5, 5.41) is 9.65. The van der Waals surface area contributed by atoms with Crippen LogP contribution in [-0.4, -0.2) is 10.1 Å². The van der Waals surface area contributed by atoms with E-state index in [0.29, 0.717) is 10.9 Å². The van der Waals surface area contributed by atoms with Crippen LogP contribution in [0, 0.1) is 13.8 Å². The highest BCUT2D eigenvalue weighted by Gasteiger charge is 2.05. The first-order valence-electron chi connectivity index (χ1n) is 5.00. The minimum absolute atomic E-state index is 0.0210. The number of ether oxygens (including phenoxy) is 1. The number of aliphatic hydroxyl groups is 1. The number of benzene rings is 1. The molecule has 0 unspecified atom stereocenters. The minimum Gasteiger partial charge on any atom is -0.431 e. The van der Waals surface area contributed by atoms with Crippen molar-refractivity contribution < 1.29 is 9.84 Å². The molecular formula is C12H13NO2S. The fourth-order valence-corrected chi connectivity index (χ4v) is 2.07. The van der Waals surface area contributed by atoms with Crippen molar-refractivity contribution in [3.05, 3.63) is 40.4 Å². The molecule has 0 fully saturated rings. The van der Waals surface area contributed by atoms with Crippen LogP contribution in [0.25, 0.3) is 0 Å². The van der Waals surface area contributed by atoms with Crippen molar-refractivity contribution in [1.82, 2.24) is 4.98 Å². The van der Waals surface area contributed by atoms with E-state index in [1.165, 1.54) is 11.3 Å². The van der Waals surface area contributed by atoms with Gasteiger partial charge in [0.15, 0.2) is 0 Å². The Balaban J connectivity index is 2.20. The molecule has 0 aliphatic rings. The highest BCUT2D eigenvalue weighted by molar-refractivity contribution is 7.13. The Morgan fingerprint density at radius 3 is 2.81 bits per heavy atom. The van der Waals surface area contributed by atoms with Crippen molar-refractivity contribution in [2.24, 2.45) is 0 Å². The Bertz CT molecular complexity index is 474. The van der Waals surface area contributed by atoms with Gasteiger partial charge in [-0.15, -0.1) is 0 Å². The Hall–Kier alpha value is -1.39. The summed E-state index contributed by atoms with van der Waals surface area (Å²) in [4.78, 5) is 5.46. The molecule has 1 aromatic heterocycles. The highest BCUT2D eigenvalue weighted by atomic mass is 32.1. The SMILES string of the molecule is Cc1nc(Oc2cccc(CO)c2)sc1C. The number of thiazole rings is 1. The quantitative estimate of drug-likeness (QED) is 0.889. The first kappa shape index (κ1) is 11.1. The number of aromatic nitrogens is 1. The van der Waals surface area contributed by atoms with Gasteiger partial charge in [-0.3, -0.25) is 0 Å². The first-order chi connectivity index (χ1) is 7.69. The molecular weight excluding hydrogens is 222 g/mol. The molecule has 84 valence electrons. The number of hydrogen-bond acceptors (Lipinski definition) is 4. The molecule has 16 heavy (non-hydrogen) atoms. The van der Waals surface area contributed by atoms with Gasteiger partial charge in [-0.25, -0.2) is 4.98 Å². The summed E-state index contributed by atoms with van der Waals surface area (Å²) in [6, 6.07) is 7.37. The van der Waals surface area contributed by atoms with E-state index < -0.39 is 0 Å². The largest absolute Gasteiger partial charge is 0.431 e. The molecule has 0 radical (unpaired) electrons. The van der Waals surface area contributed by atoms with E-state index in [1.54, 1.807) is 0 Å². The third kappa shape index (κ3) is 2.40. The van der Waals surface area contributed by atoms with Gasteiger partial charge in [-0.05, 0) is 31.5 Å². The number of aryl methyl sites for hydroxylation is 2. The number of rotatable bonds is 3. The fourth-order valence-electron chi connectivity index (χ4n) is 1.30. The van der Waals surface area contributed by atoms with Crippen LogP contribution in [-0.2, 0) is 6.61 Å². The van der Waals surface area contributed by atoms with Crippen molar-refractivity contribution in [2.75, 3.05) is 0 Å². The lowest BCUT2D eigenvalue weighted by molar-refractivity contribution is 0.281. The molecule has 1 heterocycles. The zero-order valence-corrected chi connectivity index (χ0v) is 10.0. The molecule has 1 N–H and O–H groups in total. The Morgan fingerprint density at radius 1 is 1.38 bits per heavy atom. The first-order valence-corrected chi connectivity index (χ1v) is 5.82. The van der Waals surface area contributed by atoms with Gasteiger partial charge in [-0.1, -0.05) is 23.5 Å². The molecule has 1 aromatic carbocycles. The third-order valence-corrected chi connectivity index (χ3v) is 3.25. The summed E-state index contributed by atoms with van der Waals surface area (Å²) < 4.78 is 5.62. The van der Waals surface area contributed by atoms with Crippen molar-refractivity contribution in [1.29, 1.82) is 0 Å². The van der Waals surface area contributed by atoms with Gasteiger partial charge in [0.2, 0.25) is 0 Å². The van der Waals surface area contributed by atoms with Crippen LogP contribution in [0.3, 0.4) is 0 Å². The highest BCUT2D eigenvalue weighted by Crippen LogP contribution is 2.28. The van der Waals surface area contributed by atoms with Crippen molar-refractivity contribution >= 4 is 11.3 Å². The van der Waals surface area contributed by atoms with Crippen molar-refractivity contribution in [2.45, 2.75) is 20.5 Å². The van der Waals surface area contributed by atoms with Crippen LogP contribution < -0.4 is 4.74 Å². The van der Waals surface area contributed by atoms with Gasteiger partial charge >= 0.3 is 0 Å². The molecule has 2 aromatic rings. The van der Waals surface area contributed by atoms with Gasteiger partial charge in [0.1, 0.15) is 5.75 Å². The summed E-state index contributed by atoms with van der Waals surface area (Å²) in [7, 11) is 0. The topological polar surface area (TPSA) is 42.4 Å². The van der Waals surface area contributed by atoms with Gasteiger partial charge in [0, 0.05) is 4.88 Å². The lowest BCUT2D eigenvalue weighted by atomic mass is 10.2. The Morgan fingerprint density at radius 2 is 2.19 bits per heavy atom.